The van der Waals surface area contributed by atoms with Crippen LogP contribution in [0.3, 0.4) is 0 Å². The van der Waals surface area contributed by atoms with Crippen molar-refractivity contribution < 1.29 is 4.79 Å². The van der Waals surface area contributed by atoms with Crippen LogP contribution in [0.5, 0.6) is 0 Å². The van der Waals surface area contributed by atoms with Crippen LogP contribution in [0.1, 0.15) is 50.2 Å². The highest BCUT2D eigenvalue weighted by Crippen LogP contribution is 2.15. The smallest absolute Gasteiger partial charge is 0.186 e. The van der Waals surface area contributed by atoms with E-state index in [2.05, 4.69) is 32.6 Å². The van der Waals surface area contributed by atoms with E-state index >= 15 is 0 Å². The molecule has 0 amide bonds. The summed E-state index contributed by atoms with van der Waals surface area (Å²) in [5.74, 6) is 0.860. The van der Waals surface area contributed by atoms with E-state index in [9.17, 15) is 4.79 Å². The van der Waals surface area contributed by atoms with Gasteiger partial charge in [0, 0.05) is 12.6 Å². The Bertz CT molecular complexity index is 341. The molecule has 3 heteroatoms. The lowest BCUT2D eigenvalue weighted by Crippen LogP contribution is -2.40. The molecule has 0 N–H and O–H groups in total. The first kappa shape index (κ1) is 15.4. The molecule has 0 spiro atoms. The largest absolute Gasteiger partial charge is 0.293 e. The predicted octanol–water partition coefficient (Wildman–Crippen LogP) is 4.08. The Morgan fingerprint density at radius 3 is 2.44 bits per heavy atom. The highest BCUT2D eigenvalue weighted by molar-refractivity contribution is 7.12. The van der Waals surface area contributed by atoms with Gasteiger partial charge < -0.3 is 0 Å². The fourth-order valence-electron chi connectivity index (χ4n) is 2.32. The third-order valence-electron chi connectivity index (χ3n) is 3.20. The molecule has 0 saturated carbocycles. The quantitative estimate of drug-likeness (QED) is 0.662. The van der Waals surface area contributed by atoms with Crippen molar-refractivity contribution in [1.82, 2.24) is 4.90 Å². The van der Waals surface area contributed by atoms with Gasteiger partial charge in [-0.15, -0.1) is 11.3 Å². The Hall–Kier alpha value is -0.670. The van der Waals surface area contributed by atoms with Crippen molar-refractivity contribution in [2.75, 3.05) is 13.1 Å². The van der Waals surface area contributed by atoms with Gasteiger partial charge in [0.2, 0.25) is 0 Å². The molecule has 18 heavy (non-hydrogen) atoms. The average molecular weight is 267 g/mol. The summed E-state index contributed by atoms with van der Waals surface area (Å²) in [5.41, 5.74) is 0. The third-order valence-corrected chi connectivity index (χ3v) is 4.11. The maximum absolute atomic E-state index is 12.2. The van der Waals surface area contributed by atoms with Crippen LogP contribution in [-0.4, -0.2) is 29.8 Å². The van der Waals surface area contributed by atoms with E-state index in [1.54, 1.807) is 11.3 Å². The number of nitrogens with zero attached hydrogens (tertiary/aromatic N) is 1. The van der Waals surface area contributed by atoms with Gasteiger partial charge in [-0.2, -0.15) is 0 Å². The molecule has 1 heterocycles. The number of Topliss-reactive ketones (excluding diaryl/α,β-unsaturated/α-hetero) is 1. The van der Waals surface area contributed by atoms with Crippen LogP contribution in [0.4, 0.5) is 0 Å². The second-order valence-electron chi connectivity index (χ2n) is 5.19. The van der Waals surface area contributed by atoms with E-state index in [1.807, 2.05) is 17.5 Å². The Balaban J connectivity index is 2.68. The summed E-state index contributed by atoms with van der Waals surface area (Å²) in [7, 11) is 0. The van der Waals surface area contributed by atoms with Crippen molar-refractivity contribution >= 4 is 17.1 Å². The van der Waals surface area contributed by atoms with Gasteiger partial charge in [0.05, 0.1) is 11.4 Å². The van der Waals surface area contributed by atoms with E-state index < -0.39 is 0 Å². The lowest BCUT2D eigenvalue weighted by atomic mass is 10.1. The molecule has 1 rings (SSSR count). The van der Waals surface area contributed by atoms with E-state index in [-0.39, 0.29) is 5.78 Å². The van der Waals surface area contributed by atoms with Gasteiger partial charge >= 0.3 is 0 Å². The topological polar surface area (TPSA) is 20.3 Å². The minimum atomic E-state index is 0.262. The molecule has 102 valence electrons. The Kier molecular flexibility index (Phi) is 6.58. The number of carbonyl (C=O) groups is 1. The van der Waals surface area contributed by atoms with Gasteiger partial charge in [0.1, 0.15) is 0 Å². The summed E-state index contributed by atoms with van der Waals surface area (Å²) >= 11 is 1.54. The summed E-state index contributed by atoms with van der Waals surface area (Å²) in [5, 5.41) is 1.97. The summed E-state index contributed by atoms with van der Waals surface area (Å²) in [4.78, 5) is 15.4. The molecule has 0 aromatic carbocycles. The van der Waals surface area contributed by atoms with Crippen molar-refractivity contribution in [3.8, 4) is 0 Å². The second kappa shape index (κ2) is 7.70. The molecule has 0 saturated heterocycles. The molecule has 0 bridgehead atoms. The van der Waals surface area contributed by atoms with Crippen LogP contribution in [0.25, 0.3) is 0 Å². The Labute approximate surface area is 115 Å². The van der Waals surface area contributed by atoms with Crippen molar-refractivity contribution in [1.29, 1.82) is 0 Å². The van der Waals surface area contributed by atoms with Gasteiger partial charge in [0.25, 0.3) is 0 Å². The molecule has 2 nitrogen and oxygen atoms in total. The van der Waals surface area contributed by atoms with Gasteiger partial charge in [0.15, 0.2) is 5.78 Å². The number of hydrogen-bond donors (Lipinski definition) is 0. The molecule has 0 radical (unpaired) electrons. The third kappa shape index (κ3) is 4.54. The summed E-state index contributed by atoms with van der Waals surface area (Å²) < 4.78 is 0. The molecule has 0 atom stereocenters. The summed E-state index contributed by atoms with van der Waals surface area (Å²) in [6.45, 7) is 10.4. The highest BCUT2D eigenvalue weighted by Gasteiger charge is 2.20. The van der Waals surface area contributed by atoms with Crippen molar-refractivity contribution in [3.05, 3.63) is 22.4 Å². The molecular weight excluding hydrogens is 242 g/mol. The molecule has 1 aromatic heterocycles. The predicted molar refractivity (Wildman–Crippen MR) is 79.4 cm³/mol. The Morgan fingerprint density at radius 1 is 1.33 bits per heavy atom. The lowest BCUT2D eigenvalue weighted by Gasteiger charge is -2.31. The standard InChI is InChI=1S/C15H25NOS/c1-5-13(6-2)16(10-12(3)4)11-14(17)15-8-7-9-18-15/h7-9,12-13H,5-6,10-11H2,1-4H3. The molecule has 0 unspecified atom stereocenters. The van der Waals surface area contributed by atoms with Gasteiger partial charge in [-0.3, -0.25) is 9.69 Å². The zero-order valence-electron chi connectivity index (χ0n) is 12.0. The molecule has 0 fully saturated rings. The maximum Gasteiger partial charge on any atom is 0.186 e. The number of rotatable bonds is 8. The van der Waals surface area contributed by atoms with E-state index in [0.29, 0.717) is 18.5 Å². The number of thiophene rings is 1. The summed E-state index contributed by atoms with van der Waals surface area (Å²) in [6.07, 6.45) is 2.22. The van der Waals surface area contributed by atoms with E-state index in [4.69, 9.17) is 0 Å². The van der Waals surface area contributed by atoms with Crippen LogP contribution in [0.15, 0.2) is 17.5 Å². The van der Waals surface area contributed by atoms with Gasteiger partial charge in [-0.05, 0) is 30.2 Å². The van der Waals surface area contributed by atoms with Crippen LogP contribution in [-0.2, 0) is 0 Å². The number of ketones is 1. The van der Waals surface area contributed by atoms with Gasteiger partial charge in [-0.25, -0.2) is 0 Å². The van der Waals surface area contributed by atoms with Crippen LogP contribution < -0.4 is 0 Å². The van der Waals surface area contributed by atoms with Crippen molar-refractivity contribution in [2.24, 2.45) is 5.92 Å². The molecular formula is C15H25NOS. The molecule has 0 aliphatic rings. The van der Waals surface area contributed by atoms with Crippen molar-refractivity contribution in [2.45, 2.75) is 46.6 Å². The summed E-state index contributed by atoms with van der Waals surface area (Å²) in [6, 6.07) is 4.39. The fourth-order valence-corrected chi connectivity index (χ4v) is 2.97. The zero-order chi connectivity index (χ0) is 13.5. The normalized spacial score (nSPS) is 11.7. The van der Waals surface area contributed by atoms with Crippen molar-refractivity contribution in [3.63, 3.8) is 0 Å². The van der Waals surface area contributed by atoms with Crippen LogP contribution in [0.2, 0.25) is 0 Å². The molecule has 0 aliphatic carbocycles. The zero-order valence-corrected chi connectivity index (χ0v) is 12.8. The van der Waals surface area contributed by atoms with E-state index in [1.165, 1.54) is 0 Å². The average Bonchev–Trinajstić information content (AvgIpc) is 2.83. The Morgan fingerprint density at radius 2 is 2.00 bits per heavy atom. The first-order valence-corrected chi connectivity index (χ1v) is 7.77. The SMILES string of the molecule is CCC(CC)N(CC(=O)c1cccs1)CC(C)C. The van der Waals surface area contributed by atoms with E-state index in [0.717, 1.165) is 24.3 Å². The second-order valence-corrected chi connectivity index (χ2v) is 6.14. The maximum atomic E-state index is 12.2. The molecule has 1 aromatic rings. The number of hydrogen-bond acceptors (Lipinski definition) is 3. The van der Waals surface area contributed by atoms with Gasteiger partial charge in [-0.1, -0.05) is 33.8 Å². The van der Waals surface area contributed by atoms with Crippen LogP contribution in [0, 0.1) is 5.92 Å². The minimum absolute atomic E-state index is 0.262. The highest BCUT2D eigenvalue weighted by atomic mass is 32.1. The minimum Gasteiger partial charge on any atom is -0.293 e. The molecule has 0 aliphatic heterocycles. The fraction of sp³-hybridized carbons (Fsp3) is 0.667. The first-order chi connectivity index (χ1) is 8.58. The van der Waals surface area contributed by atoms with Crippen LogP contribution >= 0.6 is 11.3 Å². The number of carbonyl (C=O) groups excluding carboxylic acids is 1. The monoisotopic (exact) mass is 267 g/mol. The first-order valence-electron chi connectivity index (χ1n) is 6.89. The lowest BCUT2D eigenvalue weighted by molar-refractivity contribution is 0.0870.